The summed E-state index contributed by atoms with van der Waals surface area (Å²) in [4.78, 5) is 31.8. The first-order valence-electron chi connectivity index (χ1n) is 12.2. The third-order valence-corrected chi connectivity index (χ3v) is 10.3. The Morgan fingerprint density at radius 2 is 1.92 bits per heavy atom. The number of piperidine rings is 1. The molecule has 2 aromatic carbocycles. The van der Waals surface area contributed by atoms with Crippen LogP contribution in [0.4, 0.5) is 5.69 Å². The molecule has 2 aliphatic heterocycles. The highest BCUT2D eigenvalue weighted by molar-refractivity contribution is 14.1. The summed E-state index contributed by atoms with van der Waals surface area (Å²) < 4.78 is 8.03. The number of amides is 2. The Kier molecular flexibility index (Phi) is 9.90. The highest BCUT2D eigenvalue weighted by atomic mass is 127. The zero-order valence-corrected chi connectivity index (χ0v) is 25.9. The van der Waals surface area contributed by atoms with E-state index in [-0.39, 0.29) is 17.9 Å². The molecule has 2 amide bonds. The lowest BCUT2D eigenvalue weighted by Gasteiger charge is -2.32. The van der Waals surface area contributed by atoms with Crippen molar-refractivity contribution in [3.05, 3.63) is 75.4 Å². The number of aromatic nitrogens is 1. The van der Waals surface area contributed by atoms with Crippen LogP contribution in [-0.4, -0.2) is 46.6 Å². The Balaban J connectivity index is 1.04. The van der Waals surface area contributed by atoms with Crippen molar-refractivity contribution in [1.29, 1.82) is 0 Å². The van der Waals surface area contributed by atoms with Crippen LogP contribution in [0.15, 0.2) is 67.2 Å². The van der Waals surface area contributed by atoms with Crippen molar-refractivity contribution in [1.82, 2.24) is 18.7 Å². The molecule has 8 nitrogen and oxygen atoms in total. The van der Waals surface area contributed by atoms with Gasteiger partial charge in [-0.1, -0.05) is 53.2 Å². The number of thiazole rings is 1. The van der Waals surface area contributed by atoms with Crippen molar-refractivity contribution >= 4 is 85.1 Å². The number of carbonyl (C=O) groups is 2. The van der Waals surface area contributed by atoms with Crippen molar-refractivity contribution < 1.29 is 9.59 Å². The molecule has 13 heteroatoms. The Labute approximate surface area is 255 Å². The highest BCUT2D eigenvalue weighted by Gasteiger charge is 2.21. The van der Waals surface area contributed by atoms with Gasteiger partial charge in [-0.3, -0.25) is 14.5 Å². The largest absolute Gasteiger partial charge is 0.353 e. The fraction of sp³-hybridized carbons (Fsp3) is 0.269. The van der Waals surface area contributed by atoms with E-state index >= 15 is 0 Å². The molecule has 0 spiro atoms. The second kappa shape index (κ2) is 13.6. The average Bonchev–Trinajstić information content (AvgIpc) is 3.64. The van der Waals surface area contributed by atoms with Gasteiger partial charge in [-0.2, -0.15) is 3.15 Å². The first-order valence-corrected chi connectivity index (χ1v) is 16.8. The third-order valence-electron chi connectivity index (χ3n) is 6.20. The van der Waals surface area contributed by atoms with Gasteiger partial charge in [0, 0.05) is 48.5 Å². The molecule has 1 aromatic heterocycles. The van der Waals surface area contributed by atoms with E-state index in [1.807, 2.05) is 47.8 Å². The van der Waals surface area contributed by atoms with Gasteiger partial charge in [-0.25, -0.2) is 4.98 Å². The topological polar surface area (TPSA) is 98.7 Å². The van der Waals surface area contributed by atoms with E-state index in [4.69, 9.17) is 23.2 Å². The second-order valence-corrected chi connectivity index (χ2v) is 13.5. The molecule has 0 bridgehead atoms. The van der Waals surface area contributed by atoms with Gasteiger partial charge in [0.05, 0.1) is 21.5 Å². The van der Waals surface area contributed by atoms with Crippen LogP contribution < -0.4 is 14.2 Å². The molecule has 1 fully saturated rings. The highest BCUT2D eigenvalue weighted by Crippen LogP contribution is 2.29. The third kappa shape index (κ3) is 8.01. The molecule has 39 heavy (non-hydrogen) atoms. The van der Waals surface area contributed by atoms with Gasteiger partial charge < -0.3 is 14.2 Å². The molecule has 0 aliphatic carbocycles. The van der Waals surface area contributed by atoms with Gasteiger partial charge in [-0.05, 0) is 42.7 Å². The number of hydrogen-bond donors (Lipinski definition) is 3. The van der Waals surface area contributed by atoms with Crippen LogP contribution in [0.2, 0.25) is 10.0 Å². The molecule has 2 aliphatic rings. The number of nitrogens with one attached hydrogen (secondary N) is 3. The first kappa shape index (κ1) is 28.5. The van der Waals surface area contributed by atoms with Crippen molar-refractivity contribution in [2.24, 2.45) is 3.15 Å². The zero-order valence-electron chi connectivity index (χ0n) is 20.6. The minimum atomic E-state index is -0.487. The number of nitrogens with zero attached hydrogens (tertiary/aromatic N) is 3. The summed E-state index contributed by atoms with van der Waals surface area (Å²) in [5, 5.41) is 9.15. The van der Waals surface area contributed by atoms with Gasteiger partial charge in [0.2, 0.25) is 5.91 Å². The molecule has 3 heterocycles. The average molecular weight is 715 g/mol. The van der Waals surface area contributed by atoms with Crippen molar-refractivity contribution in [2.45, 2.75) is 29.8 Å². The lowest BCUT2D eigenvalue weighted by Crippen LogP contribution is -2.44. The molecule has 1 saturated heterocycles. The van der Waals surface area contributed by atoms with Crippen LogP contribution in [0.25, 0.3) is 11.3 Å². The number of carbonyl (C=O) groups excluding carboxylic acids is 2. The molecule has 3 N–H and O–H groups in total. The number of rotatable bonds is 9. The minimum Gasteiger partial charge on any atom is -0.353 e. The van der Waals surface area contributed by atoms with Crippen molar-refractivity contribution in [2.75, 3.05) is 24.2 Å². The van der Waals surface area contributed by atoms with E-state index in [9.17, 15) is 9.59 Å². The maximum atomic E-state index is 12.6. The van der Waals surface area contributed by atoms with Crippen LogP contribution in [0.5, 0.6) is 0 Å². The van der Waals surface area contributed by atoms with E-state index in [0.717, 1.165) is 53.6 Å². The predicted octanol–water partition coefficient (Wildman–Crippen LogP) is 6.44. The Morgan fingerprint density at radius 1 is 1.13 bits per heavy atom. The molecule has 0 saturated carbocycles. The van der Waals surface area contributed by atoms with Gasteiger partial charge in [-0.15, -0.1) is 11.3 Å². The Bertz CT molecular complexity index is 1410. The van der Waals surface area contributed by atoms with Gasteiger partial charge in [0.1, 0.15) is 21.3 Å². The molecule has 5 rings (SSSR count). The molecule has 204 valence electrons. The summed E-state index contributed by atoms with van der Waals surface area (Å²) in [6.07, 6.45) is 3.48. The summed E-state index contributed by atoms with van der Waals surface area (Å²) in [7, 11) is 0. The molecular weight excluding hydrogens is 690 g/mol. The first-order chi connectivity index (χ1) is 18.9. The summed E-state index contributed by atoms with van der Waals surface area (Å²) in [6.45, 7) is 2.66. The SMILES string of the molecule is O=C(CSc1nc(-c2ccc(NC(=O)C3=CNI=N3)cc2)cs1)NC1CCN(Cc2ccc(Cl)c(Cl)c2)CC1. The van der Waals surface area contributed by atoms with Crippen molar-refractivity contribution in [3.8, 4) is 11.3 Å². The monoisotopic (exact) mass is 714 g/mol. The minimum absolute atomic E-state index is 0.0289. The second-order valence-electron chi connectivity index (χ2n) is 8.99. The van der Waals surface area contributed by atoms with E-state index in [2.05, 4.69) is 27.2 Å². The van der Waals surface area contributed by atoms with Crippen LogP contribution >= 0.6 is 67.6 Å². The van der Waals surface area contributed by atoms with E-state index in [0.29, 0.717) is 27.2 Å². The number of thioether (sulfide) groups is 1. The lowest BCUT2D eigenvalue weighted by atomic mass is 10.0. The van der Waals surface area contributed by atoms with Crippen LogP contribution in [-0.2, 0) is 16.1 Å². The standard InChI is InChI=1S/C26H25Cl2IN6O2S2/c27-20-6-1-16(11-21(20)28)13-35-9-7-19(8-10-35)31-24(36)15-39-26-33-23(14-38-26)17-2-4-18(5-3-17)32-25(37)22-12-30-29-34-22/h1-6,11-12,14,19H,7-10,13,15H2,(H,30,34)(H,31,36)(H,32,37). The Hall–Kier alpha value is -2.03. The summed E-state index contributed by atoms with van der Waals surface area (Å²) in [6, 6.07) is 13.5. The summed E-state index contributed by atoms with van der Waals surface area (Å²) >= 11 is 14.6. The zero-order chi connectivity index (χ0) is 27.2. The maximum Gasteiger partial charge on any atom is 0.276 e. The van der Waals surface area contributed by atoms with Gasteiger partial charge in [0.15, 0.2) is 10.0 Å². The molecule has 3 aromatic rings. The summed E-state index contributed by atoms with van der Waals surface area (Å²) in [5.74, 6) is 0.146. The van der Waals surface area contributed by atoms with Crippen molar-refractivity contribution in [3.63, 3.8) is 0 Å². The summed E-state index contributed by atoms with van der Waals surface area (Å²) in [5.41, 5.74) is 4.07. The maximum absolute atomic E-state index is 12.6. The van der Waals surface area contributed by atoms with E-state index in [1.165, 1.54) is 23.1 Å². The normalized spacial score (nSPS) is 15.8. The quantitative estimate of drug-likeness (QED) is 0.134. The number of hydrogen-bond acceptors (Lipinski definition) is 8. The van der Waals surface area contributed by atoms with Gasteiger partial charge in [0.25, 0.3) is 5.91 Å². The molecule has 0 atom stereocenters. The van der Waals surface area contributed by atoms with Crippen LogP contribution in [0, 0.1) is 0 Å². The van der Waals surface area contributed by atoms with E-state index in [1.54, 1.807) is 6.20 Å². The number of benzene rings is 2. The van der Waals surface area contributed by atoms with E-state index < -0.39 is 21.3 Å². The Morgan fingerprint density at radius 3 is 2.64 bits per heavy atom. The molecular formula is C26H25Cl2IN6O2S2. The van der Waals surface area contributed by atoms with Gasteiger partial charge >= 0.3 is 0 Å². The van der Waals surface area contributed by atoms with Crippen LogP contribution in [0.3, 0.4) is 0 Å². The lowest BCUT2D eigenvalue weighted by molar-refractivity contribution is -0.119. The molecule has 0 unspecified atom stereocenters. The number of likely N-dealkylation sites (tertiary alicyclic amines) is 1. The fourth-order valence-corrected chi connectivity index (χ4v) is 7.34. The predicted molar refractivity (Wildman–Crippen MR) is 167 cm³/mol. The molecule has 0 radical (unpaired) electrons. The smallest absolute Gasteiger partial charge is 0.276 e. The number of halogens is 3. The fourth-order valence-electron chi connectivity index (χ4n) is 4.18. The van der Waals surface area contributed by atoms with Crippen LogP contribution in [0.1, 0.15) is 18.4 Å². The number of anilines is 1.